The predicted molar refractivity (Wildman–Crippen MR) is 80.4 cm³/mol. The summed E-state index contributed by atoms with van der Waals surface area (Å²) >= 11 is 0. The first kappa shape index (κ1) is 14.2. The molecule has 0 aromatic carbocycles. The topological polar surface area (TPSA) is 80.1 Å². The van der Waals surface area contributed by atoms with Crippen LogP contribution in [0.25, 0.3) is 5.82 Å². The highest BCUT2D eigenvalue weighted by atomic mass is 16.2. The Kier molecular flexibility index (Phi) is 3.86. The van der Waals surface area contributed by atoms with Gasteiger partial charge in [-0.15, -0.1) is 0 Å². The van der Waals surface area contributed by atoms with Crippen LogP contribution in [0.5, 0.6) is 0 Å². The fourth-order valence-electron chi connectivity index (χ4n) is 2.64. The number of nitrogens with zero attached hydrogens (tertiary/aromatic N) is 4. The van der Waals surface area contributed by atoms with E-state index in [1.807, 2.05) is 6.07 Å². The van der Waals surface area contributed by atoms with Crippen molar-refractivity contribution >= 4 is 17.5 Å². The largest absolute Gasteiger partial charge is 0.331 e. The van der Waals surface area contributed by atoms with Crippen molar-refractivity contribution in [2.45, 2.75) is 25.8 Å². The molecule has 7 nitrogen and oxygen atoms in total. The molecule has 1 fully saturated rings. The average Bonchev–Trinajstić information content (AvgIpc) is 3.19. The Labute approximate surface area is 127 Å². The number of hydrogen-bond acceptors (Lipinski definition) is 4. The van der Waals surface area contributed by atoms with Crippen molar-refractivity contribution in [2.24, 2.45) is 0 Å². The van der Waals surface area contributed by atoms with Crippen molar-refractivity contribution in [3.8, 4) is 5.82 Å². The second-order valence-electron chi connectivity index (χ2n) is 5.22. The van der Waals surface area contributed by atoms with Gasteiger partial charge in [0.25, 0.3) is 0 Å². The summed E-state index contributed by atoms with van der Waals surface area (Å²) in [6, 6.07) is 4.98. The van der Waals surface area contributed by atoms with E-state index < -0.39 is 0 Å². The van der Waals surface area contributed by atoms with Crippen LogP contribution in [0.15, 0.2) is 36.8 Å². The molecular weight excluding hydrogens is 282 g/mol. The van der Waals surface area contributed by atoms with Gasteiger partial charge in [-0.3, -0.25) is 9.59 Å². The number of carbonyl (C=O) groups excluding carboxylic acids is 2. The number of carbonyl (C=O) groups is 2. The maximum absolute atomic E-state index is 12.3. The van der Waals surface area contributed by atoms with Crippen LogP contribution in [0.1, 0.15) is 19.8 Å². The van der Waals surface area contributed by atoms with E-state index in [0.717, 1.165) is 6.42 Å². The standard InChI is InChI=1S/C15H17N5O2/c1-11(21)19-8-2-4-13(19)15(22)18-12-5-6-14(16-10-12)20-9-3-7-17-20/h3,5-7,9-10,13H,2,4,8H2,1H3,(H,18,22). The summed E-state index contributed by atoms with van der Waals surface area (Å²) in [6.45, 7) is 2.13. The molecule has 1 aliphatic heterocycles. The van der Waals surface area contributed by atoms with Gasteiger partial charge in [0.1, 0.15) is 6.04 Å². The molecule has 22 heavy (non-hydrogen) atoms. The molecule has 1 aliphatic rings. The summed E-state index contributed by atoms with van der Waals surface area (Å²) in [4.78, 5) is 29.7. The fraction of sp³-hybridized carbons (Fsp3) is 0.333. The summed E-state index contributed by atoms with van der Waals surface area (Å²) in [7, 11) is 0. The van der Waals surface area contributed by atoms with Crippen LogP contribution in [0.3, 0.4) is 0 Å². The van der Waals surface area contributed by atoms with Crippen LogP contribution in [-0.4, -0.2) is 44.1 Å². The molecule has 0 saturated carbocycles. The summed E-state index contributed by atoms with van der Waals surface area (Å²) in [5.74, 6) is 0.445. The van der Waals surface area contributed by atoms with Gasteiger partial charge in [-0.05, 0) is 31.0 Å². The van der Waals surface area contributed by atoms with E-state index in [1.54, 1.807) is 40.3 Å². The van der Waals surface area contributed by atoms with Gasteiger partial charge < -0.3 is 10.2 Å². The molecule has 1 atom stereocenters. The highest BCUT2D eigenvalue weighted by Crippen LogP contribution is 2.19. The second kappa shape index (κ2) is 5.97. The molecular formula is C15H17N5O2. The lowest BCUT2D eigenvalue weighted by atomic mass is 10.2. The molecule has 0 spiro atoms. The third-order valence-corrected chi connectivity index (χ3v) is 3.71. The zero-order valence-corrected chi connectivity index (χ0v) is 12.3. The van der Waals surface area contributed by atoms with E-state index in [2.05, 4.69) is 15.4 Å². The highest BCUT2D eigenvalue weighted by molar-refractivity contribution is 5.97. The molecule has 2 amide bonds. The molecule has 3 heterocycles. The number of aromatic nitrogens is 3. The van der Waals surface area contributed by atoms with E-state index in [1.165, 1.54) is 6.92 Å². The van der Waals surface area contributed by atoms with E-state index in [4.69, 9.17) is 0 Å². The van der Waals surface area contributed by atoms with Crippen molar-refractivity contribution < 1.29 is 9.59 Å². The van der Waals surface area contributed by atoms with E-state index >= 15 is 0 Å². The Morgan fingerprint density at radius 3 is 2.86 bits per heavy atom. The molecule has 1 unspecified atom stereocenters. The van der Waals surface area contributed by atoms with E-state index in [0.29, 0.717) is 24.5 Å². The molecule has 1 N–H and O–H groups in total. The Morgan fingerprint density at radius 2 is 2.23 bits per heavy atom. The van der Waals surface area contributed by atoms with Gasteiger partial charge in [0.2, 0.25) is 11.8 Å². The first-order valence-corrected chi connectivity index (χ1v) is 7.19. The number of rotatable bonds is 3. The Bertz CT molecular complexity index is 666. The quantitative estimate of drug-likeness (QED) is 0.924. The minimum atomic E-state index is -0.386. The highest BCUT2D eigenvalue weighted by Gasteiger charge is 2.32. The lowest BCUT2D eigenvalue weighted by molar-refractivity contribution is -0.134. The second-order valence-corrected chi connectivity index (χ2v) is 5.22. The van der Waals surface area contributed by atoms with Gasteiger partial charge in [-0.2, -0.15) is 5.10 Å². The molecule has 0 bridgehead atoms. The van der Waals surface area contributed by atoms with Gasteiger partial charge in [-0.25, -0.2) is 9.67 Å². The normalized spacial score (nSPS) is 17.5. The van der Waals surface area contributed by atoms with E-state index in [9.17, 15) is 9.59 Å². The maximum atomic E-state index is 12.3. The molecule has 0 radical (unpaired) electrons. The molecule has 114 valence electrons. The van der Waals surface area contributed by atoms with Gasteiger partial charge in [0.05, 0.1) is 11.9 Å². The van der Waals surface area contributed by atoms with Crippen LogP contribution < -0.4 is 5.32 Å². The molecule has 7 heteroatoms. The van der Waals surface area contributed by atoms with Crippen LogP contribution in [0.4, 0.5) is 5.69 Å². The molecule has 3 rings (SSSR count). The average molecular weight is 299 g/mol. The predicted octanol–water partition coefficient (Wildman–Crippen LogP) is 1.22. The lowest BCUT2D eigenvalue weighted by Crippen LogP contribution is -2.42. The zero-order chi connectivity index (χ0) is 15.5. The molecule has 2 aromatic rings. The number of hydrogen-bond donors (Lipinski definition) is 1. The Balaban J connectivity index is 1.68. The molecule has 1 saturated heterocycles. The SMILES string of the molecule is CC(=O)N1CCCC1C(=O)Nc1ccc(-n2cccn2)nc1. The third-order valence-electron chi connectivity index (χ3n) is 3.71. The van der Waals surface area contributed by atoms with Crippen LogP contribution in [0.2, 0.25) is 0 Å². The van der Waals surface area contributed by atoms with Crippen molar-refractivity contribution in [1.29, 1.82) is 0 Å². The monoisotopic (exact) mass is 299 g/mol. The molecule has 0 aliphatic carbocycles. The van der Waals surface area contributed by atoms with E-state index in [-0.39, 0.29) is 17.9 Å². The third kappa shape index (κ3) is 2.83. The van der Waals surface area contributed by atoms with Gasteiger partial charge in [0.15, 0.2) is 5.82 Å². The van der Waals surface area contributed by atoms with Gasteiger partial charge in [0, 0.05) is 25.9 Å². The Morgan fingerprint density at radius 1 is 1.36 bits per heavy atom. The van der Waals surface area contributed by atoms with Crippen LogP contribution in [0, 0.1) is 0 Å². The number of amides is 2. The van der Waals surface area contributed by atoms with Crippen LogP contribution in [-0.2, 0) is 9.59 Å². The number of likely N-dealkylation sites (tertiary alicyclic amines) is 1. The fourth-order valence-corrected chi connectivity index (χ4v) is 2.64. The first-order chi connectivity index (χ1) is 10.6. The molecule has 2 aromatic heterocycles. The van der Waals surface area contributed by atoms with Crippen molar-refractivity contribution in [3.63, 3.8) is 0 Å². The van der Waals surface area contributed by atoms with Gasteiger partial charge >= 0.3 is 0 Å². The van der Waals surface area contributed by atoms with Crippen molar-refractivity contribution in [1.82, 2.24) is 19.7 Å². The Hall–Kier alpha value is -2.70. The van der Waals surface area contributed by atoms with Crippen molar-refractivity contribution in [2.75, 3.05) is 11.9 Å². The number of nitrogens with one attached hydrogen (secondary N) is 1. The van der Waals surface area contributed by atoms with Crippen LogP contribution >= 0.6 is 0 Å². The first-order valence-electron chi connectivity index (χ1n) is 7.19. The number of pyridine rings is 1. The lowest BCUT2D eigenvalue weighted by Gasteiger charge is -2.22. The zero-order valence-electron chi connectivity index (χ0n) is 12.3. The summed E-state index contributed by atoms with van der Waals surface area (Å²) in [6.07, 6.45) is 6.61. The smallest absolute Gasteiger partial charge is 0.247 e. The number of anilines is 1. The van der Waals surface area contributed by atoms with Crippen molar-refractivity contribution in [3.05, 3.63) is 36.8 Å². The minimum Gasteiger partial charge on any atom is -0.331 e. The summed E-state index contributed by atoms with van der Waals surface area (Å²) in [5, 5.41) is 6.91. The summed E-state index contributed by atoms with van der Waals surface area (Å²) in [5.41, 5.74) is 0.608. The minimum absolute atomic E-state index is 0.0650. The summed E-state index contributed by atoms with van der Waals surface area (Å²) < 4.78 is 1.64. The van der Waals surface area contributed by atoms with Gasteiger partial charge in [-0.1, -0.05) is 0 Å². The maximum Gasteiger partial charge on any atom is 0.247 e.